The molecule has 0 aliphatic carbocycles. The van der Waals surface area contributed by atoms with Crippen LogP contribution >= 0.6 is 0 Å². The minimum atomic E-state index is 0.339. The van der Waals surface area contributed by atoms with Gasteiger partial charge in [0.2, 0.25) is 6.79 Å². The third-order valence-corrected chi connectivity index (χ3v) is 3.99. The Hall–Kier alpha value is -1.68. The molecule has 0 atom stereocenters. The second-order valence-corrected chi connectivity index (χ2v) is 4.99. The van der Waals surface area contributed by atoms with Gasteiger partial charge in [0.15, 0.2) is 11.5 Å². The molecule has 0 spiro atoms. The van der Waals surface area contributed by atoms with Gasteiger partial charge < -0.3 is 19.8 Å². The van der Waals surface area contributed by atoms with Crippen LogP contribution in [-0.4, -0.2) is 24.9 Å². The fourth-order valence-corrected chi connectivity index (χ4v) is 3.06. The summed E-state index contributed by atoms with van der Waals surface area (Å²) in [5, 5.41) is 4.63. The summed E-state index contributed by atoms with van der Waals surface area (Å²) >= 11 is 0. The molecule has 0 amide bonds. The maximum Gasteiger partial charge on any atom is 0.231 e. The highest BCUT2D eigenvalue weighted by Gasteiger charge is 2.24. The lowest BCUT2D eigenvalue weighted by atomic mass is 9.90. The molecule has 18 heavy (non-hydrogen) atoms. The van der Waals surface area contributed by atoms with E-state index in [1.807, 2.05) is 6.07 Å². The van der Waals surface area contributed by atoms with E-state index < -0.39 is 0 Å². The highest BCUT2D eigenvalue weighted by molar-refractivity contribution is 5.92. The van der Waals surface area contributed by atoms with Crippen LogP contribution in [0, 0.1) is 0 Å². The number of benzene rings is 1. The Bertz CT molecular complexity index is 585. The molecule has 0 radical (unpaired) electrons. The van der Waals surface area contributed by atoms with Crippen LogP contribution in [0.15, 0.2) is 18.3 Å². The topological polar surface area (TPSA) is 46.3 Å². The molecule has 0 unspecified atom stereocenters. The van der Waals surface area contributed by atoms with E-state index in [2.05, 4.69) is 22.6 Å². The molecular formula is C14H16N2O2. The van der Waals surface area contributed by atoms with Crippen molar-refractivity contribution in [1.29, 1.82) is 0 Å². The zero-order valence-corrected chi connectivity index (χ0v) is 10.2. The first kappa shape index (κ1) is 10.3. The summed E-state index contributed by atoms with van der Waals surface area (Å²) in [4.78, 5) is 3.36. The molecule has 4 rings (SSSR count). The van der Waals surface area contributed by atoms with Gasteiger partial charge in [-0.2, -0.15) is 0 Å². The zero-order valence-electron chi connectivity index (χ0n) is 10.2. The predicted molar refractivity (Wildman–Crippen MR) is 69.3 cm³/mol. The van der Waals surface area contributed by atoms with Crippen LogP contribution in [0.5, 0.6) is 11.5 Å². The summed E-state index contributed by atoms with van der Waals surface area (Å²) in [5.74, 6) is 2.41. The molecule has 3 heterocycles. The van der Waals surface area contributed by atoms with Crippen molar-refractivity contribution in [2.45, 2.75) is 18.8 Å². The second kappa shape index (κ2) is 3.92. The Morgan fingerprint density at radius 3 is 2.89 bits per heavy atom. The van der Waals surface area contributed by atoms with Crippen molar-refractivity contribution in [2.24, 2.45) is 0 Å². The van der Waals surface area contributed by atoms with Gasteiger partial charge in [-0.1, -0.05) is 0 Å². The van der Waals surface area contributed by atoms with Gasteiger partial charge in [-0.3, -0.25) is 0 Å². The largest absolute Gasteiger partial charge is 0.454 e. The number of aromatic nitrogens is 1. The van der Waals surface area contributed by atoms with Crippen molar-refractivity contribution in [2.75, 3.05) is 19.9 Å². The number of nitrogens with one attached hydrogen (secondary N) is 2. The lowest BCUT2D eigenvalue weighted by Gasteiger charge is -2.22. The number of aromatic amines is 1. The third-order valence-electron chi connectivity index (χ3n) is 3.99. The molecule has 2 aromatic rings. The van der Waals surface area contributed by atoms with E-state index in [4.69, 9.17) is 9.47 Å². The molecule has 4 nitrogen and oxygen atoms in total. The molecule has 0 bridgehead atoms. The van der Waals surface area contributed by atoms with Crippen LogP contribution in [0.25, 0.3) is 10.9 Å². The molecule has 4 heteroatoms. The van der Waals surface area contributed by atoms with Crippen molar-refractivity contribution in [3.8, 4) is 11.5 Å². The Morgan fingerprint density at radius 2 is 2.00 bits per heavy atom. The van der Waals surface area contributed by atoms with Gasteiger partial charge in [0.1, 0.15) is 0 Å². The summed E-state index contributed by atoms with van der Waals surface area (Å²) in [6.45, 7) is 2.54. The van der Waals surface area contributed by atoms with E-state index in [1.165, 1.54) is 23.8 Å². The van der Waals surface area contributed by atoms with Gasteiger partial charge in [-0.05, 0) is 49.5 Å². The fourth-order valence-electron chi connectivity index (χ4n) is 3.06. The number of fused-ring (bicyclic) bond motifs is 3. The van der Waals surface area contributed by atoms with E-state index in [0.717, 1.165) is 30.1 Å². The van der Waals surface area contributed by atoms with Crippen LogP contribution < -0.4 is 14.8 Å². The SMILES string of the molecule is c1cc2[nH]cc(C3CCNCC3)c2c2c1OCO2. The van der Waals surface area contributed by atoms with Crippen molar-refractivity contribution in [1.82, 2.24) is 10.3 Å². The van der Waals surface area contributed by atoms with Crippen LogP contribution in [0.1, 0.15) is 24.3 Å². The minimum absolute atomic E-state index is 0.339. The first-order valence-electron chi connectivity index (χ1n) is 6.54. The monoisotopic (exact) mass is 244 g/mol. The molecule has 1 fully saturated rings. The maximum absolute atomic E-state index is 5.64. The quantitative estimate of drug-likeness (QED) is 0.809. The van der Waals surface area contributed by atoms with E-state index in [1.54, 1.807) is 0 Å². The molecule has 1 aromatic carbocycles. The molecule has 0 saturated carbocycles. The van der Waals surface area contributed by atoms with Crippen LogP contribution in [0.4, 0.5) is 0 Å². The third kappa shape index (κ3) is 1.42. The van der Waals surface area contributed by atoms with Crippen LogP contribution in [0.2, 0.25) is 0 Å². The highest BCUT2D eigenvalue weighted by atomic mass is 16.7. The standard InChI is InChI=1S/C14H16N2O2/c1-2-12-14(18-8-17-12)13-10(7-16-11(1)13)9-3-5-15-6-4-9/h1-2,7,9,15-16H,3-6,8H2. The van der Waals surface area contributed by atoms with Crippen LogP contribution in [0.3, 0.4) is 0 Å². The summed E-state index contributed by atoms with van der Waals surface area (Å²) in [5.41, 5.74) is 2.53. The van der Waals surface area contributed by atoms with Crippen LogP contribution in [-0.2, 0) is 0 Å². The smallest absolute Gasteiger partial charge is 0.231 e. The van der Waals surface area contributed by atoms with Gasteiger partial charge >= 0.3 is 0 Å². The lowest BCUT2D eigenvalue weighted by Crippen LogP contribution is -2.26. The molecule has 2 N–H and O–H groups in total. The Labute approximate surface area is 105 Å². The molecule has 2 aliphatic rings. The summed E-state index contributed by atoms with van der Waals surface area (Å²) in [6, 6.07) is 4.06. The summed E-state index contributed by atoms with van der Waals surface area (Å²) in [6.07, 6.45) is 4.53. The van der Waals surface area contributed by atoms with Crippen molar-refractivity contribution >= 4 is 10.9 Å². The maximum atomic E-state index is 5.64. The number of piperidine rings is 1. The minimum Gasteiger partial charge on any atom is -0.454 e. The average molecular weight is 244 g/mol. The van der Waals surface area contributed by atoms with E-state index in [0.29, 0.717) is 12.7 Å². The van der Waals surface area contributed by atoms with Gasteiger partial charge in [0.05, 0.1) is 0 Å². The highest BCUT2D eigenvalue weighted by Crippen LogP contribution is 2.43. The van der Waals surface area contributed by atoms with Gasteiger partial charge in [-0.25, -0.2) is 0 Å². The molecular weight excluding hydrogens is 228 g/mol. The number of rotatable bonds is 1. The van der Waals surface area contributed by atoms with Crippen molar-refractivity contribution in [3.63, 3.8) is 0 Å². The zero-order chi connectivity index (χ0) is 11.9. The summed E-state index contributed by atoms with van der Waals surface area (Å²) < 4.78 is 11.1. The van der Waals surface area contributed by atoms with E-state index in [9.17, 15) is 0 Å². The van der Waals surface area contributed by atoms with E-state index in [-0.39, 0.29) is 0 Å². The van der Waals surface area contributed by atoms with Gasteiger partial charge in [-0.15, -0.1) is 0 Å². The van der Waals surface area contributed by atoms with Gasteiger partial charge in [0.25, 0.3) is 0 Å². The number of hydrogen-bond donors (Lipinski definition) is 2. The first-order chi connectivity index (χ1) is 8.93. The molecule has 2 aliphatic heterocycles. The Kier molecular flexibility index (Phi) is 2.23. The van der Waals surface area contributed by atoms with Crippen molar-refractivity contribution < 1.29 is 9.47 Å². The number of H-pyrrole nitrogens is 1. The fraction of sp³-hybridized carbons (Fsp3) is 0.429. The molecule has 94 valence electrons. The predicted octanol–water partition coefficient (Wildman–Crippen LogP) is 2.36. The molecule has 1 aromatic heterocycles. The normalized spacial score (nSPS) is 19.6. The Balaban J connectivity index is 1.87. The number of ether oxygens (including phenoxy) is 2. The average Bonchev–Trinajstić information content (AvgIpc) is 3.05. The molecule has 1 saturated heterocycles. The van der Waals surface area contributed by atoms with Crippen molar-refractivity contribution in [3.05, 3.63) is 23.9 Å². The summed E-state index contributed by atoms with van der Waals surface area (Å²) in [7, 11) is 0. The first-order valence-corrected chi connectivity index (χ1v) is 6.54. The van der Waals surface area contributed by atoms with Gasteiger partial charge in [0, 0.05) is 17.1 Å². The lowest BCUT2D eigenvalue weighted by molar-refractivity contribution is 0.174. The van der Waals surface area contributed by atoms with E-state index >= 15 is 0 Å². The number of hydrogen-bond acceptors (Lipinski definition) is 3. The Morgan fingerprint density at radius 1 is 1.11 bits per heavy atom. The second-order valence-electron chi connectivity index (χ2n) is 4.99.